The van der Waals surface area contributed by atoms with Crippen LogP contribution in [-0.2, 0) is 56.0 Å². The van der Waals surface area contributed by atoms with Crippen LogP contribution in [0.15, 0.2) is 128 Å². The number of nitrogens with zero attached hydrogens (tertiary/aromatic N) is 2. The third-order valence-corrected chi connectivity index (χ3v) is 10.9. The van der Waals surface area contributed by atoms with E-state index in [2.05, 4.69) is 0 Å². The van der Waals surface area contributed by atoms with E-state index in [1.807, 2.05) is 41.2 Å². The first-order chi connectivity index (χ1) is 33.6. The molecule has 394 valence electrons. The predicted octanol–water partition coefficient (Wildman–Crippen LogP) is 12.9. The Morgan fingerprint density at radius 3 is 0.811 bits per heavy atom. The van der Waals surface area contributed by atoms with E-state index in [9.17, 15) is 110 Å². The summed E-state index contributed by atoms with van der Waals surface area (Å²) in [7, 11) is 0. The van der Waals surface area contributed by atoms with Crippen molar-refractivity contribution in [3.63, 3.8) is 0 Å². The minimum absolute atomic E-state index is 0.0330. The summed E-state index contributed by atoms with van der Waals surface area (Å²) in [5, 5.41) is 8.66. The van der Waals surface area contributed by atoms with Gasteiger partial charge in [0.25, 0.3) is 0 Å². The molecule has 74 heavy (non-hydrogen) atoms. The van der Waals surface area contributed by atoms with Gasteiger partial charge in [0.2, 0.25) is 12.3 Å². The number of aromatic nitrogens is 1. The van der Waals surface area contributed by atoms with Crippen LogP contribution >= 0.6 is 0 Å². The molecule has 6 rings (SSSR count). The summed E-state index contributed by atoms with van der Waals surface area (Å²) in [6, 6.07) is 5.56. The van der Waals surface area contributed by atoms with Crippen molar-refractivity contribution in [3.8, 4) is 6.07 Å². The standard InChI is InChI=1S/C32H12BF24.C14H11N2O/c34-25(35,36)13-1-14(26(37,38)39)6-21(5-13)33(22-7-15(27(40,41)42)2-16(8-22)28(43,44)45,23-9-17(29(46,47)48)3-18(10-23)30(49,50)51)24-11-19(31(52,53)54)4-20(12-24)32(55,56)57;15-10-12-4-6-13(7-5-12)14(17)11-16-8-2-1-3-9-16/h1-12H;1-9H,11H2/q-1;+1. The molecule has 0 aliphatic heterocycles. The van der Waals surface area contributed by atoms with Crippen LogP contribution in [0.25, 0.3) is 0 Å². The molecule has 1 aromatic heterocycles. The maximum atomic E-state index is 14.2. The van der Waals surface area contributed by atoms with Gasteiger partial charge in [-0.05, 0) is 48.5 Å². The summed E-state index contributed by atoms with van der Waals surface area (Å²) in [6.45, 7) is 0.312. The van der Waals surface area contributed by atoms with E-state index in [1.165, 1.54) is 0 Å². The maximum absolute atomic E-state index is 14.2. The van der Waals surface area contributed by atoms with Gasteiger partial charge in [-0.15, -0.1) is 0 Å². The second-order valence-electron chi connectivity index (χ2n) is 15.9. The average molecular weight is 1090 g/mol. The highest BCUT2D eigenvalue weighted by Gasteiger charge is 2.47. The Labute approximate surface area is 398 Å². The molecule has 5 aromatic carbocycles. The molecule has 0 saturated heterocycles. The van der Waals surface area contributed by atoms with E-state index in [4.69, 9.17) is 5.26 Å². The number of nitriles is 1. The van der Waals surface area contributed by atoms with Crippen LogP contribution in [0, 0.1) is 11.3 Å². The maximum Gasteiger partial charge on any atom is 0.416 e. The fourth-order valence-corrected chi connectivity index (χ4v) is 7.60. The Kier molecular flexibility index (Phi) is 15.5. The Balaban J connectivity index is 0.000000500. The van der Waals surface area contributed by atoms with Crippen LogP contribution in [-0.4, -0.2) is 11.9 Å². The van der Waals surface area contributed by atoms with Crippen molar-refractivity contribution >= 4 is 33.8 Å². The van der Waals surface area contributed by atoms with Crippen LogP contribution in [0.5, 0.6) is 0 Å². The van der Waals surface area contributed by atoms with Crippen LogP contribution < -0.4 is 26.4 Å². The van der Waals surface area contributed by atoms with Crippen molar-refractivity contribution in [1.29, 1.82) is 5.26 Å². The number of Topliss-reactive ketones (excluding diaryl/α,β-unsaturated/α-hetero) is 1. The van der Waals surface area contributed by atoms with Crippen molar-refractivity contribution in [1.82, 2.24) is 0 Å². The third kappa shape index (κ3) is 13.3. The van der Waals surface area contributed by atoms with Gasteiger partial charge >= 0.3 is 49.4 Å². The van der Waals surface area contributed by atoms with Gasteiger partial charge in [-0.2, -0.15) is 137 Å². The second kappa shape index (κ2) is 19.9. The molecular weight excluding hydrogens is 1060 g/mol. The molecule has 28 heteroatoms. The lowest BCUT2D eigenvalue weighted by Gasteiger charge is -2.46. The highest BCUT2D eigenvalue weighted by molar-refractivity contribution is 7.20. The van der Waals surface area contributed by atoms with Crippen molar-refractivity contribution in [2.75, 3.05) is 0 Å². The van der Waals surface area contributed by atoms with E-state index in [0.29, 0.717) is 17.7 Å². The molecule has 0 aliphatic rings. The van der Waals surface area contributed by atoms with E-state index in [-0.39, 0.29) is 5.78 Å². The zero-order chi connectivity index (χ0) is 56.0. The number of rotatable bonds is 7. The van der Waals surface area contributed by atoms with Gasteiger partial charge in [-0.3, -0.25) is 4.79 Å². The minimum Gasteiger partial charge on any atom is -0.287 e. The van der Waals surface area contributed by atoms with E-state index < -0.39 is 195 Å². The lowest BCUT2D eigenvalue weighted by Crippen LogP contribution is -2.75. The zero-order valence-corrected chi connectivity index (χ0v) is 35.8. The van der Waals surface area contributed by atoms with E-state index in [0.717, 1.165) is 0 Å². The highest BCUT2D eigenvalue weighted by atomic mass is 19.4. The number of halogens is 24. The van der Waals surface area contributed by atoms with Gasteiger partial charge in [-0.25, -0.2) is 0 Å². The van der Waals surface area contributed by atoms with Gasteiger partial charge in [0.1, 0.15) is 6.15 Å². The van der Waals surface area contributed by atoms with Gasteiger partial charge in [0, 0.05) is 17.7 Å². The number of hydrogen-bond acceptors (Lipinski definition) is 2. The number of ketones is 1. The predicted molar refractivity (Wildman–Crippen MR) is 212 cm³/mol. The van der Waals surface area contributed by atoms with Crippen molar-refractivity contribution in [2.24, 2.45) is 0 Å². The minimum atomic E-state index is -6.13. The van der Waals surface area contributed by atoms with E-state index in [1.54, 1.807) is 24.3 Å². The fourth-order valence-electron chi connectivity index (χ4n) is 7.60. The van der Waals surface area contributed by atoms with Gasteiger partial charge < -0.3 is 0 Å². The number of pyridine rings is 1. The SMILES string of the molecule is FC(F)(F)c1cc([B-](c2cc(C(F)(F)F)cc(C(F)(F)F)c2)(c2cc(C(F)(F)F)cc(C(F)(F)F)c2)c2cc(C(F)(F)F)cc(C(F)(F)F)c2)cc(C(F)(F)F)c1.N#Cc1ccc(C(=O)C[n+]2ccccc2)cc1. The fraction of sp³-hybridized carbons (Fsp3) is 0.196. The largest absolute Gasteiger partial charge is 0.416 e. The lowest BCUT2D eigenvalue weighted by atomic mass is 9.12. The molecule has 0 atom stereocenters. The molecular formula is C46H23BF24N2O. The second-order valence-corrected chi connectivity index (χ2v) is 15.9. The first-order valence-electron chi connectivity index (χ1n) is 19.9. The summed E-state index contributed by atoms with van der Waals surface area (Å²) in [5.74, 6) is 0.0330. The molecule has 0 spiro atoms. The van der Waals surface area contributed by atoms with Gasteiger partial charge in [0.15, 0.2) is 12.4 Å². The summed E-state index contributed by atoms with van der Waals surface area (Å²) in [5.41, 5.74) is -29.0. The Bertz CT molecular complexity index is 2610. The molecule has 3 nitrogen and oxygen atoms in total. The summed E-state index contributed by atoms with van der Waals surface area (Å²) in [6.07, 6.45) is -51.1. The molecule has 0 bridgehead atoms. The highest BCUT2D eigenvalue weighted by Crippen LogP contribution is 2.41. The van der Waals surface area contributed by atoms with Gasteiger partial charge in [0.05, 0.1) is 56.1 Å². The molecule has 0 N–H and O–H groups in total. The van der Waals surface area contributed by atoms with Crippen LogP contribution in [0.2, 0.25) is 0 Å². The summed E-state index contributed by atoms with van der Waals surface area (Å²) >= 11 is 0. The number of carbonyl (C=O) groups is 1. The Morgan fingerprint density at radius 2 is 0.608 bits per heavy atom. The van der Waals surface area contributed by atoms with Gasteiger partial charge in [-0.1, -0.05) is 54.6 Å². The quantitative estimate of drug-likeness (QED) is 0.0692. The molecule has 0 amide bonds. The number of hydrogen-bond donors (Lipinski definition) is 0. The van der Waals surface area contributed by atoms with Crippen LogP contribution in [0.4, 0.5) is 105 Å². The smallest absolute Gasteiger partial charge is 0.287 e. The molecule has 1 heterocycles. The summed E-state index contributed by atoms with van der Waals surface area (Å²) in [4.78, 5) is 11.9. The lowest BCUT2D eigenvalue weighted by molar-refractivity contribution is -0.683. The normalized spacial score (nSPS) is 13.2. The molecule has 6 aromatic rings. The summed E-state index contributed by atoms with van der Waals surface area (Å²) < 4.78 is 343. The first kappa shape index (κ1) is 57.7. The monoisotopic (exact) mass is 1090 g/mol. The van der Waals surface area contributed by atoms with Crippen molar-refractivity contribution < 1.29 is 115 Å². The number of carbonyl (C=O) groups excluding carboxylic acids is 1. The first-order valence-corrected chi connectivity index (χ1v) is 19.9. The van der Waals surface area contributed by atoms with Crippen LogP contribution in [0.3, 0.4) is 0 Å². The zero-order valence-electron chi connectivity index (χ0n) is 35.8. The Morgan fingerprint density at radius 1 is 0.378 bits per heavy atom. The Hall–Kier alpha value is -7.21. The third-order valence-electron chi connectivity index (χ3n) is 10.9. The number of benzene rings is 5. The van der Waals surface area contributed by atoms with Crippen molar-refractivity contribution in [3.05, 3.63) is 183 Å². The van der Waals surface area contributed by atoms with E-state index >= 15 is 0 Å². The molecule has 0 aliphatic carbocycles. The molecule has 0 radical (unpaired) electrons. The molecule has 0 unspecified atom stereocenters. The van der Waals surface area contributed by atoms with Crippen LogP contribution in [0.1, 0.15) is 60.4 Å². The van der Waals surface area contributed by atoms with Crippen molar-refractivity contribution in [2.45, 2.75) is 56.0 Å². The molecule has 0 fully saturated rings. The average Bonchev–Trinajstić information content (AvgIpc) is 3.27. The number of alkyl halides is 24. The molecule has 0 saturated carbocycles. The topological polar surface area (TPSA) is 44.7 Å².